The fourth-order valence-corrected chi connectivity index (χ4v) is 2.48. The Morgan fingerprint density at radius 3 is 2.64 bits per heavy atom. The number of methoxy groups -OCH3 is 2. The third kappa shape index (κ3) is 5.67. The van der Waals surface area contributed by atoms with Crippen LogP contribution in [0.3, 0.4) is 0 Å². The molecule has 0 fully saturated rings. The summed E-state index contributed by atoms with van der Waals surface area (Å²) in [6.45, 7) is 2.50. The summed E-state index contributed by atoms with van der Waals surface area (Å²) in [4.78, 5) is 16.2. The number of rotatable bonds is 8. The van der Waals surface area contributed by atoms with Crippen LogP contribution in [-0.4, -0.2) is 31.8 Å². The monoisotopic (exact) mass is 343 g/mol. The lowest BCUT2D eigenvalue weighted by atomic mass is 10.1. The number of carbonyl (C=O) groups is 1. The first-order valence-electron chi connectivity index (χ1n) is 8.30. The lowest BCUT2D eigenvalue weighted by molar-refractivity contribution is 0.237. The molecule has 2 amide bonds. The van der Waals surface area contributed by atoms with E-state index in [1.165, 1.54) is 0 Å². The van der Waals surface area contributed by atoms with Gasteiger partial charge in [-0.2, -0.15) is 0 Å². The highest BCUT2D eigenvalue weighted by molar-refractivity contribution is 5.74. The first-order chi connectivity index (χ1) is 12.1. The molecule has 2 N–H and O–H groups in total. The molecule has 1 aromatic carbocycles. The summed E-state index contributed by atoms with van der Waals surface area (Å²) in [5, 5.41) is 5.75. The van der Waals surface area contributed by atoms with Crippen molar-refractivity contribution in [3.8, 4) is 11.5 Å². The number of aromatic nitrogens is 1. The molecule has 0 bridgehead atoms. The number of ether oxygens (including phenoxy) is 2. The molecule has 1 atom stereocenters. The van der Waals surface area contributed by atoms with Crippen LogP contribution in [0.25, 0.3) is 0 Å². The third-order valence-electron chi connectivity index (χ3n) is 3.85. The van der Waals surface area contributed by atoms with Crippen molar-refractivity contribution < 1.29 is 14.3 Å². The average molecular weight is 343 g/mol. The van der Waals surface area contributed by atoms with E-state index in [9.17, 15) is 4.79 Å². The van der Waals surface area contributed by atoms with Crippen molar-refractivity contribution in [3.63, 3.8) is 0 Å². The Balaban J connectivity index is 1.73. The van der Waals surface area contributed by atoms with Gasteiger partial charge < -0.3 is 20.1 Å². The maximum absolute atomic E-state index is 11.9. The summed E-state index contributed by atoms with van der Waals surface area (Å²) in [5.74, 6) is 1.43. The molecular formula is C19H25N3O3. The molecule has 0 spiro atoms. The van der Waals surface area contributed by atoms with E-state index in [2.05, 4.69) is 15.6 Å². The molecule has 2 rings (SSSR count). The van der Waals surface area contributed by atoms with Gasteiger partial charge >= 0.3 is 6.03 Å². The summed E-state index contributed by atoms with van der Waals surface area (Å²) >= 11 is 0. The van der Waals surface area contributed by atoms with E-state index >= 15 is 0 Å². The van der Waals surface area contributed by atoms with Gasteiger partial charge in [0.05, 0.1) is 26.0 Å². The van der Waals surface area contributed by atoms with E-state index < -0.39 is 0 Å². The summed E-state index contributed by atoms with van der Waals surface area (Å²) in [6, 6.07) is 11.2. The SMILES string of the molecule is COc1ccc(CCCNC(=O)N[C@H](C)c2ccccn2)cc1OC. The van der Waals surface area contributed by atoms with Crippen molar-refractivity contribution in [2.75, 3.05) is 20.8 Å². The quantitative estimate of drug-likeness (QED) is 0.723. The summed E-state index contributed by atoms with van der Waals surface area (Å²) in [5.41, 5.74) is 1.98. The lowest BCUT2D eigenvalue weighted by Crippen LogP contribution is -2.37. The van der Waals surface area contributed by atoms with Crippen molar-refractivity contribution in [1.29, 1.82) is 0 Å². The molecule has 25 heavy (non-hydrogen) atoms. The van der Waals surface area contributed by atoms with Crippen LogP contribution in [-0.2, 0) is 6.42 Å². The molecule has 2 aromatic rings. The van der Waals surface area contributed by atoms with E-state index in [1.54, 1.807) is 20.4 Å². The minimum atomic E-state index is -0.189. The number of hydrogen-bond acceptors (Lipinski definition) is 4. The maximum Gasteiger partial charge on any atom is 0.315 e. The van der Waals surface area contributed by atoms with Crippen LogP contribution >= 0.6 is 0 Å². The number of amides is 2. The van der Waals surface area contributed by atoms with E-state index in [1.807, 2.05) is 43.3 Å². The zero-order valence-corrected chi connectivity index (χ0v) is 14.9. The summed E-state index contributed by atoms with van der Waals surface area (Å²) in [6.07, 6.45) is 3.39. The van der Waals surface area contributed by atoms with E-state index in [4.69, 9.17) is 9.47 Å². The van der Waals surface area contributed by atoms with E-state index in [0.29, 0.717) is 12.3 Å². The van der Waals surface area contributed by atoms with Crippen molar-refractivity contribution in [3.05, 3.63) is 53.9 Å². The van der Waals surface area contributed by atoms with Gasteiger partial charge in [0.15, 0.2) is 11.5 Å². The Labute approximate surface area is 148 Å². The Morgan fingerprint density at radius 2 is 1.96 bits per heavy atom. The molecule has 0 aliphatic heterocycles. The smallest absolute Gasteiger partial charge is 0.315 e. The Morgan fingerprint density at radius 1 is 1.16 bits per heavy atom. The number of hydrogen-bond donors (Lipinski definition) is 2. The lowest BCUT2D eigenvalue weighted by Gasteiger charge is -2.14. The molecule has 6 heteroatoms. The molecule has 134 valence electrons. The predicted octanol–water partition coefficient (Wildman–Crippen LogP) is 3.09. The Kier molecular flexibility index (Phi) is 7.07. The van der Waals surface area contributed by atoms with Gasteiger partial charge in [0.2, 0.25) is 0 Å². The molecule has 0 unspecified atom stereocenters. The number of benzene rings is 1. The van der Waals surface area contributed by atoms with Gasteiger partial charge in [0, 0.05) is 12.7 Å². The zero-order chi connectivity index (χ0) is 18.1. The maximum atomic E-state index is 11.9. The van der Waals surface area contributed by atoms with E-state index in [0.717, 1.165) is 29.8 Å². The molecule has 0 saturated heterocycles. The molecule has 1 aromatic heterocycles. The van der Waals surface area contributed by atoms with Crippen molar-refractivity contribution in [2.45, 2.75) is 25.8 Å². The number of aryl methyl sites for hydroxylation is 1. The van der Waals surface area contributed by atoms with Crippen molar-refractivity contribution in [2.24, 2.45) is 0 Å². The van der Waals surface area contributed by atoms with Crippen LogP contribution < -0.4 is 20.1 Å². The highest BCUT2D eigenvalue weighted by Gasteiger charge is 2.09. The molecule has 0 radical (unpaired) electrons. The largest absolute Gasteiger partial charge is 0.493 e. The minimum Gasteiger partial charge on any atom is -0.493 e. The second kappa shape index (κ2) is 9.52. The van der Waals surface area contributed by atoms with Gasteiger partial charge in [-0.15, -0.1) is 0 Å². The van der Waals surface area contributed by atoms with Gasteiger partial charge in [0.25, 0.3) is 0 Å². The van der Waals surface area contributed by atoms with Gasteiger partial charge in [-0.05, 0) is 49.6 Å². The highest BCUT2D eigenvalue weighted by atomic mass is 16.5. The molecule has 1 heterocycles. The highest BCUT2D eigenvalue weighted by Crippen LogP contribution is 2.27. The summed E-state index contributed by atoms with van der Waals surface area (Å²) in [7, 11) is 3.24. The van der Waals surface area contributed by atoms with Crippen LogP contribution in [0.4, 0.5) is 4.79 Å². The number of pyridine rings is 1. The van der Waals surface area contributed by atoms with E-state index in [-0.39, 0.29) is 12.1 Å². The standard InChI is InChI=1S/C19H25N3O3/c1-14(16-8-4-5-11-20-16)22-19(23)21-12-6-7-15-9-10-17(24-2)18(13-15)25-3/h4-5,8-11,13-14H,6-7,12H2,1-3H3,(H2,21,22,23)/t14-/m1/s1. The Bertz CT molecular complexity index is 677. The number of urea groups is 1. The normalized spacial score (nSPS) is 11.5. The van der Waals surface area contributed by atoms with Crippen LogP contribution in [0.2, 0.25) is 0 Å². The minimum absolute atomic E-state index is 0.132. The predicted molar refractivity (Wildman–Crippen MR) is 97.1 cm³/mol. The first kappa shape index (κ1) is 18.6. The number of nitrogens with zero attached hydrogens (tertiary/aromatic N) is 1. The first-order valence-corrected chi connectivity index (χ1v) is 8.30. The van der Waals surface area contributed by atoms with Crippen LogP contribution in [0.1, 0.15) is 30.6 Å². The van der Waals surface area contributed by atoms with Crippen molar-refractivity contribution >= 4 is 6.03 Å². The molecule has 0 saturated carbocycles. The molecule has 6 nitrogen and oxygen atoms in total. The molecular weight excluding hydrogens is 318 g/mol. The van der Waals surface area contributed by atoms with Gasteiger partial charge in [-0.1, -0.05) is 12.1 Å². The summed E-state index contributed by atoms with van der Waals surface area (Å²) < 4.78 is 10.5. The van der Waals surface area contributed by atoms with Crippen molar-refractivity contribution in [1.82, 2.24) is 15.6 Å². The number of nitrogens with one attached hydrogen (secondary N) is 2. The van der Waals surface area contributed by atoms with Crippen LogP contribution in [0.15, 0.2) is 42.6 Å². The van der Waals surface area contributed by atoms with Gasteiger partial charge in [-0.25, -0.2) is 4.79 Å². The fourth-order valence-electron chi connectivity index (χ4n) is 2.48. The van der Waals surface area contributed by atoms with Crippen LogP contribution in [0.5, 0.6) is 11.5 Å². The average Bonchev–Trinajstić information content (AvgIpc) is 2.65. The van der Waals surface area contributed by atoms with Gasteiger partial charge in [-0.3, -0.25) is 4.98 Å². The Hall–Kier alpha value is -2.76. The zero-order valence-electron chi connectivity index (χ0n) is 14.9. The molecule has 0 aliphatic rings. The van der Waals surface area contributed by atoms with Gasteiger partial charge in [0.1, 0.15) is 0 Å². The topological polar surface area (TPSA) is 72.5 Å². The second-order valence-electron chi connectivity index (χ2n) is 5.67. The second-order valence-corrected chi connectivity index (χ2v) is 5.67. The number of carbonyl (C=O) groups excluding carboxylic acids is 1. The van der Waals surface area contributed by atoms with Crippen LogP contribution in [0, 0.1) is 0 Å². The third-order valence-corrected chi connectivity index (χ3v) is 3.85. The molecule has 0 aliphatic carbocycles. The fraction of sp³-hybridized carbons (Fsp3) is 0.368.